The molecule has 1 heteroatoms. The first-order chi connectivity index (χ1) is 11.8. The maximum absolute atomic E-state index is 2.24. The SMILES string of the molecule is Cc1c(-c2ccccc2)sc(-c2ccccc2)c1-c1ccccc1. The van der Waals surface area contributed by atoms with Crippen molar-refractivity contribution < 1.29 is 0 Å². The Labute approximate surface area is 147 Å². The predicted octanol–water partition coefficient (Wildman–Crippen LogP) is 7.06. The molecule has 0 aliphatic heterocycles. The average molecular weight is 326 g/mol. The molecule has 3 aromatic carbocycles. The summed E-state index contributed by atoms with van der Waals surface area (Å²) < 4.78 is 0. The molecule has 0 atom stereocenters. The largest absolute Gasteiger partial charge is 0.134 e. The summed E-state index contributed by atoms with van der Waals surface area (Å²) >= 11 is 1.89. The van der Waals surface area contributed by atoms with Crippen molar-refractivity contribution in [3.63, 3.8) is 0 Å². The Kier molecular flexibility index (Phi) is 4.02. The molecule has 0 saturated carbocycles. The van der Waals surface area contributed by atoms with Crippen molar-refractivity contribution in [1.82, 2.24) is 0 Å². The van der Waals surface area contributed by atoms with E-state index in [0.717, 1.165) is 0 Å². The molecule has 24 heavy (non-hydrogen) atoms. The molecule has 4 rings (SSSR count). The van der Waals surface area contributed by atoms with Gasteiger partial charge in [-0.25, -0.2) is 0 Å². The van der Waals surface area contributed by atoms with Crippen LogP contribution in [0.2, 0.25) is 0 Å². The standard InChI is InChI=1S/C23H18S/c1-17-21(18-11-5-2-6-12-18)23(20-15-9-4-10-16-20)24-22(17)19-13-7-3-8-14-19/h2-16H,1H3. The zero-order valence-corrected chi connectivity index (χ0v) is 14.4. The van der Waals surface area contributed by atoms with Crippen molar-refractivity contribution in [1.29, 1.82) is 0 Å². The van der Waals surface area contributed by atoms with Gasteiger partial charge in [-0.15, -0.1) is 11.3 Å². The van der Waals surface area contributed by atoms with Crippen LogP contribution in [-0.2, 0) is 0 Å². The summed E-state index contributed by atoms with van der Waals surface area (Å²) in [5.41, 5.74) is 6.57. The van der Waals surface area contributed by atoms with Crippen LogP contribution in [0.5, 0.6) is 0 Å². The lowest BCUT2D eigenvalue weighted by Gasteiger charge is -2.06. The van der Waals surface area contributed by atoms with Crippen LogP contribution in [0.25, 0.3) is 32.0 Å². The van der Waals surface area contributed by atoms with Crippen LogP contribution in [0.3, 0.4) is 0 Å². The normalized spacial score (nSPS) is 10.7. The number of hydrogen-bond donors (Lipinski definition) is 0. The summed E-state index contributed by atoms with van der Waals surface area (Å²) in [7, 11) is 0. The Balaban J connectivity index is 1.99. The van der Waals surface area contributed by atoms with Gasteiger partial charge in [0.1, 0.15) is 0 Å². The summed E-state index contributed by atoms with van der Waals surface area (Å²) in [6.45, 7) is 2.24. The van der Waals surface area contributed by atoms with E-state index in [1.165, 1.54) is 37.6 Å². The minimum absolute atomic E-state index is 1.28. The van der Waals surface area contributed by atoms with E-state index in [-0.39, 0.29) is 0 Å². The first-order valence-electron chi connectivity index (χ1n) is 8.14. The molecule has 0 amide bonds. The fraction of sp³-hybridized carbons (Fsp3) is 0.0435. The second kappa shape index (κ2) is 6.46. The van der Waals surface area contributed by atoms with Crippen molar-refractivity contribution >= 4 is 11.3 Å². The van der Waals surface area contributed by atoms with Gasteiger partial charge in [0.25, 0.3) is 0 Å². The first-order valence-corrected chi connectivity index (χ1v) is 8.96. The number of thiophene rings is 1. The zero-order valence-electron chi connectivity index (χ0n) is 13.6. The van der Waals surface area contributed by atoms with E-state index in [0.29, 0.717) is 0 Å². The highest BCUT2D eigenvalue weighted by Gasteiger charge is 2.18. The molecule has 1 heterocycles. The van der Waals surface area contributed by atoms with Gasteiger partial charge in [0.15, 0.2) is 0 Å². The molecule has 0 unspecified atom stereocenters. The molecule has 0 bridgehead atoms. The lowest BCUT2D eigenvalue weighted by Crippen LogP contribution is -1.83. The van der Waals surface area contributed by atoms with Crippen LogP contribution in [-0.4, -0.2) is 0 Å². The van der Waals surface area contributed by atoms with Gasteiger partial charge in [-0.2, -0.15) is 0 Å². The van der Waals surface area contributed by atoms with Crippen molar-refractivity contribution in [3.05, 3.63) is 96.6 Å². The van der Waals surface area contributed by atoms with Crippen LogP contribution in [0.15, 0.2) is 91.0 Å². The van der Waals surface area contributed by atoms with Crippen molar-refractivity contribution in [3.8, 4) is 32.0 Å². The Morgan fingerprint density at radius 2 is 0.917 bits per heavy atom. The van der Waals surface area contributed by atoms with E-state index in [4.69, 9.17) is 0 Å². The van der Waals surface area contributed by atoms with E-state index in [2.05, 4.69) is 97.9 Å². The van der Waals surface area contributed by atoms with Crippen molar-refractivity contribution in [2.75, 3.05) is 0 Å². The molecule has 4 aromatic rings. The first kappa shape index (κ1) is 14.9. The average Bonchev–Trinajstić information content (AvgIpc) is 3.01. The fourth-order valence-corrected chi connectivity index (χ4v) is 4.46. The molecule has 0 nitrogen and oxygen atoms in total. The monoisotopic (exact) mass is 326 g/mol. The van der Waals surface area contributed by atoms with E-state index in [9.17, 15) is 0 Å². The van der Waals surface area contributed by atoms with Crippen LogP contribution in [0.1, 0.15) is 5.56 Å². The van der Waals surface area contributed by atoms with E-state index < -0.39 is 0 Å². The van der Waals surface area contributed by atoms with Gasteiger partial charge < -0.3 is 0 Å². The Morgan fingerprint density at radius 1 is 0.500 bits per heavy atom. The molecule has 0 aliphatic carbocycles. The molecule has 0 fully saturated rings. The van der Waals surface area contributed by atoms with Crippen LogP contribution in [0, 0.1) is 6.92 Å². The maximum Gasteiger partial charge on any atom is 0.0430 e. The van der Waals surface area contributed by atoms with Gasteiger partial charge in [-0.1, -0.05) is 91.0 Å². The molecular weight excluding hydrogens is 308 g/mol. The summed E-state index contributed by atoms with van der Waals surface area (Å²) in [6, 6.07) is 32.1. The zero-order chi connectivity index (χ0) is 16.4. The second-order valence-corrected chi connectivity index (χ2v) is 6.88. The van der Waals surface area contributed by atoms with Crippen LogP contribution < -0.4 is 0 Å². The third-order valence-corrected chi connectivity index (χ3v) is 5.67. The van der Waals surface area contributed by atoms with Gasteiger partial charge in [-0.05, 0) is 29.2 Å². The van der Waals surface area contributed by atoms with E-state index in [1.807, 2.05) is 11.3 Å². The molecule has 0 spiro atoms. The summed E-state index contributed by atoms with van der Waals surface area (Å²) in [6.07, 6.45) is 0. The molecule has 0 N–H and O–H groups in total. The Bertz CT molecular complexity index is 936. The third-order valence-electron chi connectivity index (χ3n) is 4.28. The Hall–Kier alpha value is -2.64. The molecule has 0 saturated heterocycles. The fourth-order valence-electron chi connectivity index (χ4n) is 3.12. The minimum Gasteiger partial charge on any atom is -0.134 e. The van der Waals surface area contributed by atoms with Gasteiger partial charge in [0.05, 0.1) is 0 Å². The third kappa shape index (κ3) is 2.68. The quantitative estimate of drug-likeness (QED) is 0.378. The summed E-state index contributed by atoms with van der Waals surface area (Å²) in [5, 5.41) is 0. The molecule has 116 valence electrons. The highest BCUT2D eigenvalue weighted by molar-refractivity contribution is 7.19. The summed E-state index contributed by atoms with van der Waals surface area (Å²) in [5.74, 6) is 0. The molecule has 0 aliphatic rings. The van der Waals surface area contributed by atoms with Crippen molar-refractivity contribution in [2.24, 2.45) is 0 Å². The highest BCUT2D eigenvalue weighted by Crippen LogP contribution is 2.46. The maximum atomic E-state index is 2.24. The number of benzene rings is 3. The second-order valence-electron chi connectivity index (χ2n) is 5.86. The Morgan fingerprint density at radius 3 is 1.42 bits per heavy atom. The van der Waals surface area contributed by atoms with Gasteiger partial charge in [0.2, 0.25) is 0 Å². The molecular formula is C23H18S. The van der Waals surface area contributed by atoms with Crippen LogP contribution >= 0.6 is 11.3 Å². The lowest BCUT2D eigenvalue weighted by atomic mass is 9.97. The molecule has 0 radical (unpaired) electrons. The van der Waals surface area contributed by atoms with Crippen LogP contribution in [0.4, 0.5) is 0 Å². The predicted molar refractivity (Wildman–Crippen MR) is 105 cm³/mol. The molecule has 1 aromatic heterocycles. The topological polar surface area (TPSA) is 0 Å². The smallest absolute Gasteiger partial charge is 0.0430 e. The van der Waals surface area contributed by atoms with Gasteiger partial charge >= 0.3 is 0 Å². The van der Waals surface area contributed by atoms with E-state index in [1.54, 1.807) is 0 Å². The van der Waals surface area contributed by atoms with Crippen molar-refractivity contribution in [2.45, 2.75) is 6.92 Å². The van der Waals surface area contributed by atoms with Gasteiger partial charge in [0, 0.05) is 15.3 Å². The minimum atomic E-state index is 1.28. The number of hydrogen-bond acceptors (Lipinski definition) is 1. The number of rotatable bonds is 3. The highest BCUT2D eigenvalue weighted by atomic mass is 32.1. The van der Waals surface area contributed by atoms with Gasteiger partial charge in [-0.3, -0.25) is 0 Å². The summed E-state index contributed by atoms with van der Waals surface area (Å²) in [4.78, 5) is 2.70. The van der Waals surface area contributed by atoms with E-state index >= 15 is 0 Å². The lowest BCUT2D eigenvalue weighted by molar-refractivity contribution is 1.51.